The van der Waals surface area contributed by atoms with E-state index in [4.69, 9.17) is 0 Å². The van der Waals surface area contributed by atoms with Crippen LogP contribution in [0.1, 0.15) is 55.2 Å². The van der Waals surface area contributed by atoms with E-state index in [0.717, 1.165) is 24.8 Å². The van der Waals surface area contributed by atoms with Gasteiger partial charge in [0, 0.05) is 17.9 Å². The second-order valence-corrected chi connectivity index (χ2v) is 5.59. The minimum atomic E-state index is -0.244. The normalized spacial score (nSPS) is 16.9. The number of rotatable bonds is 5. The maximum Gasteiger partial charge on any atom is 0.172 e. The van der Waals surface area contributed by atoms with Gasteiger partial charge >= 0.3 is 0 Å². The van der Waals surface area contributed by atoms with Crippen molar-refractivity contribution in [2.75, 3.05) is 6.61 Å². The van der Waals surface area contributed by atoms with E-state index in [9.17, 15) is 9.90 Å². The van der Waals surface area contributed by atoms with Gasteiger partial charge in [0.1, 0.15) is 5.69 Å². The summed E-state index contributed by atoms with van der Waals surface area (Å²) in [6, 6.07) is 0. The van der Waals surface area contributed by atoms with Crippen LogP contribution in [0.3, 0.4) is 0 Å². The minimum Gasteiger partial charge on any atom is -0.396 e. The molecule has 0 saturated heterocycles. The summed E-state index contributed by atoms with van der Waals surface area (Å²) in [7, 11) is 0. The third kappa shape index (κ3) is 2.39. The molecule has 17 heavy (non-hydrogen) atoms. The molecule has 0 unspecified atom stereocenters. The lowest BCUT2D eigenvalue weighted by Crippen LogP contribution is -2.27. The molecule has 1 fully saturated rings. The summed E-state index contributed by atoms with van der Waals surface area (Å²) in [4.78, 5) is 11.0. The predicted molar refractivity (Wildman–Crippen MR) is 62.9 cm³/mol. The number of carbonyl (C=O) groups excluding carboxylic acids is 1. The third-order valence-electron chi connectivity index (χ3n) is 3.41. The lowest BCUT2D eigenvalue weighted by atomic mass is 9.82. The molecule has 1 aromatic heterocycles. The average Bonchev–Trinajstić information content (AvgIpc) is 2.59. The molecule has 1 N–H and O–H groups in total. The van der Waals surface area contributed by atoms with Crippen LogP contribution in [-0.4, -0.2) is 33.0 Å². The number of aliphatic hydroxyl groups excluding tert-OH is 1. The number of hydrogen-bond acceptors (Lipinski definition) is 4. The summed E-state index contributed by atoms with van der Waals surface area (Å²) in [5, 5.41) is 17.3. The summed E-state index contributed by atoms with van der Waals surface area (Å²) in [5.74, 6) is 0.416. The lowest BCUT2D eigenvalue weighted by molar-refractivity contribution is 0.111. The van der Waals surface area contributed by atoms with Crippen LogP contribution in [0.15, 0.2) is 0 Å². The smallest absolute Gasteiger partial charge is 0.172 e. The molecule has 1 aromatic rings. The van der Waals surface area contributed by atoms with Gasteiger partial charge in [0.25, 0.3) is 0 Å². The van der Waals surface area contributed by atoms with Gasteiger partial charge in [-0.15, -0.1) is 5.10 Å². The van der Waals surface area contributed by atoms with Gasteiger partial charge in [0.05, 0.1) is 12.2 Å². The highest BCUT2D eigenvalue weighted by atomic mass is 16.3. The van der Waals surface area contributed by atoms with Crippen molar-refractivity contribution < 1.29 is 9.90 Å². The summed E-state index contributed by atoms with van der Waals surface area (Å²) >= 11 is 0. The standard InChI is InChI=1S/C12H19N3O2/c1-12(2,8-17)7-15-11(9-4-3-5-9)10(6-16)13-14-15/h6,9,17H,3-5,7-8H2,1-2H3. The molecule has 0 bridgehead atoms. The quantitative estimate of drug-likeness (QED) is 0.785. The highest BCUT2D eigenvalue weighted by Gasteiger charge is 2.29. The monoisotopic (exact) mass is 237 g/mol. The largest absolute Gasteiger partial charge is 0.396 e. The van der Waals surface area contributed by atoms with Gasteiger partial charge in [-0.3, -0.25) is 4.79 Å². The van der Waals surface area contributed by atoms with Crippen molar-refractivity contribution in [1.82, 2.24) is 15.0 Å². The Hall–Kier alpha value is -1.23. The first-order valence-corrected chi connectivity index (χ1v) is 6.07. The van der Waals surface area contributed by atoms with Crippen LogP contribution < -0.4 is 0 Å². The third-order valence-corrected chi connectivity index (χ3v) is 3.41. The van der Waals surface area contributed by atoms with Gasteiger partial charge in [-0.1, -0.05) is 25.5 Å². The highest BCUT2D eigenvalue weighted by molar-refractivity contribution is 5.73. The van der Waals surface area contributed by atoms with Gasteiger partial charge in [-0.2, -0.15) is 0 Å². The summed E-state index contributed by atoms with van der Waals surface area (Å²) in [6.45, 7) is 4.63. The van der Waals surface area contributed by atoms with Crippen LogP contribution >= 0.6 is 0 Å². The number of nitrogens with zero attached hydrogens (tertiary/aromatic N) is 3. The molecular weight excluding hydrogens is 218 g/mol. The van der Waals surface area contributed by atoms with Crippen LogP contribution in [0.2, 0.25) is 0 Å². The zero-order valence-corrected chi connectivity index (χ0v) is 10.4. The van der Waals surface area contributed by atoms with Crippen molar-refractivity contribution in [3.63, 3.8) is 0 Å². The molecule has 1 aliphatic carbocycles. The zero-order chi connectivity index (χ0) is 12.5. The van der Waals surface area contributed by atoms with Gasteiger partial charge in [0.15, 0.2) is 6.29 Å². The first kappa shape index (κ1) is 12.2. The van der Waals surface area contributed by atoms with E-state index in [1.54, 1.807) is 4.68 Å². The van der Waals surface area contributed by atoms with Crippen molar-refractivity contribution in [2.45, 2.75) is 45.6 Å². The van der Waals surface area contributed by atoms with Crippen molar-refractivity contribution >= 4 is 6.29 Å². The zero-order valence-electron chi connectivity index (χ0n) is 10.4. The Morgan fingerprint density at radius 3 is 2.71 bits per heavy atom. The van der Waals surface area contributed by atoms with E-state index in [2.05, 4.69) is 10.3 Å². The molecular formula is C12H19N3O2. The number of aliphatic hydroxyl groups is 1. The molecule has 0 aliphatic heterocycles. The second kappa shape index (κ2) is 4.56. The van der Waals surface area contributed by atoms with Crippen LogP contribution in [-0.2, 0) is 6.54 Å². The lowest BCUT2D eigenvalue weighted by Gasteiger charge is -2.28. The number of carbonyl (C=O) groups is 1. The Morgan fingerprint density at radius 2 is 2.24 bits per heavy atom. The fourth-order valence-electron chi connectivity index (χ4n) is 2.09. The van der Waals surface area contributed by atoms with E-state index in [-0.39, 0.29) is 12.0 Å². The van der Waals surface area contributed by atoms with Gasteiger partial charge in [-0.25, -0.2) is 4.68 Å². The summed E-state index contributed by atoms with van der Waals surface area (Å²) in [5.41, 5.74) is 1.17. The SMILES string of the molecule is CC(C)(CO)Cn1nnc(C=O)c1C1CCC1. The van der Waals surface area contributed by atoms with Crippen LogP contribution in [0.4, 0.5) is 0 Å². The van der Waals surface area contributed by atoms with Crippen LogP contribution in [0.5, 0.6) is 0 Å². The second-order valence-electron chi connectivity index (χ2n) is 5.59. The van der Waals surface area contributed by atoms with E-state index in [1.165, 1.54) is 6.42 Å². The fraction of sp³-hybridized carbons (Fsp3) is 0.750. The molecule has 5 heteroatoms. The summed E-state index contributed by atoms with van der Waals surface area (Å²) in [6.07, 6.45) is 4.20. The predicted octanol–water partition coefficient (Wildman–Crippen LogP) is 1.38. The molecule has 0 atom stereocenters. The molecule has 0 spiro atoms. The molecule has 2 rings (SSSR count). The Kier molecular flexibility index (Phi) is 3.28. The van der Waals surface area contributed by atoms with Gasteiger partial charge in [-0.05, 0) is 12.8 Å². The Morgan fingerprint density at radius 1 is 1.53 bits per heavy atom. The Bertz CT molecular complexity index is 408. The van der Waals surface area contributed by atoms with Crippen molar-refractivity contribution in [3.8, 4) is 0 Å². The maximum absolute atomic E-state index is 11.0. The molecule has 0 amide bonds. The number of aromatic nitrogens is 3. The van der Waals surface area contributed by atoms with E-state index < -0.39 is 0 Å². The fourth-order valence-corrected chi connectivity index (χ4v) is 2.09. The van der Waals surface area contributed by atoms with Crippen molar-refractivity contribution in [3.05, 3.63) is 11.4 Å². The van der Waals surface area contributed by atoms with Crippen LogP contribution in [0.25, 0.3) is 0 Å². The Labute approximate surface area is 101 Å². The molecule has 1 saturated carbocycles. The molecule has 1 heterocycles. The first-order valence-electron chi connectivity index (χ1n) is 6.07. The van der Waals surface area contributed by atoms with Gasteiger partial charge in [0.2, 0.25) is 0 Å². The summed E-state index contributed by atoms with van der Waals surface area (Å²) < 4.78 is 1.80. The molecule has 5 nitrogen and oxygen atoms in total. The molecule has 1 aliphatic rings. The maximum atomic E-state index is 11.0. The van der Waals surface area contributed by atoms with Crippen molar-refractivity contribution in [1.29, 1.82) is 0 Å². The molecule has 0 aromatic carbocycles. The van der Waals surface area contributed by atoms with E-state index >= 15 is 0 Å². The minimum absolute atomic E-state index is 0.0907. The first-order chi connectivity index (χ1) is 8.07. The van der Waals surface area contributed by atoms with E-state index in [1.807, 2.05) is 13.8 Å². The average molecular weight is 237 g/mol. The van der Waals surface area contributed by atoms with Crippen molar-refractivity contribution in [2.24, 2.45) is 5.41 Å². The molecule has 94 valence electrons. The number of aldehydes is 1. The molecule has 0 radical (unpaired) electrons. The topological polar surface area (TPSA) is 68.0 Å². The van der Waals surface area contributed by atoms with Gasteiger partial charge < -0.3 is 5.11 Å². The highest BCUT2D eigenvalue weighted by Crippen LogP contribution is 2.37. The Balaban J connectivity index is 2.27. The van der Waals surface area contributed by atoms with E-state index in [0.29, 0.717) is 18.2 Å². The number of hydrogen-bond donors (Lipinski definition) is 1. The van der Waals surface area contributed by atoms with Crippen LogP contribution in [0, 0.1) is 5.41 Å².